The maximum Gasteiger partial charge on any atom is 0.325 e. The summed E-state index contributed by atoms with van der Waals surface area (Å²) in [5, 5.41) is 8.61. The van der Waals surface area contributed by atoms with E-state index in [1.807, 2.05) is 6.07 Å². The zero-order valence-electron chi connectivity index (χ0n) is 12.3. The van der Waals surface area contributed by atoms with Crippen molar-refractivity contribution in [3.05, 3.63) is 48.2 Å². The number of rotatable bonds is 4. The summed E-state index contributed by atoms with van der Waals surface area (Å²) in [4.78, 5) is 37.5. The second kappa shape index (κ2) is 5.56. The predicted molar refractivity (Wildman–Crippen MR) is 79.2 cm³/mol. The number of anilines is 1. The average molecular weight is 314 g/mol. The average Bonchev–Trinajstić information content (AvgIpc) is 3.11. The minimum atomic E-state index is -1.19. The van der Waals surface area contributed by atoms with E-state index in [9.17, 15) is 14.4 Å². The quantitative estimate of drug-likeness (QED) is 0.822. The first kappa shape index (κ1) is 14.8. The van der Waals surface area contributed by atoms with E-state index in [0.29, 0.717) is 5.56 Å². The van der Waals surface area contributed by atoms with E-state index >= 15 is 0 Å². The number of nitrogens with one attached hydrogen (secondary N) is 2. The van der Waals surface area contributed by atoms with Crippen molar-refractivity contribution in [1.29, 1.82) is 0 Å². The normalized spacial score (nSPS) is 20.5. The van der Waals surface area contributed by atoms with Gasteiger partial charge in [0.05, 0.1) is 0 Å². The minimum absolute atomic E-state index is 0.216. The zero-order chi connectivity index (χ0) is 16.4. The van der Waals surface area contributed by atoms with Crippen LogP contribution in [-0.2, 0) is 15.1 Å². The molecule has 8 heteroatoms. The number of urea groups is 1. The van der Waals surface area contributed by atoms with Crippen LogP contribution in [0.2, 0.25) is 0 Å². The molecule has 4 amide bonds. The smallest absolute Gasteiger partial charge is 0.325 e. The molecule has 118 valence electrons. The monoisotopic (exact) mass is 314 g/mol. The lowest BCUT2D eigenvalue weighted by atomic mass is 9.92. The summed E-state index contributed by atoms with van der Waals surface area (Å²) in [6.07, 6.45) is 1.30. The van der Waals surface area contributed by atoms with Crippen molar-refractivity contribution in [1.82, 2.24) is 15.4 Å². The molecule has 0 spiro atoms. The van der Waals surface area contributed by atoms with Gasteiger partial charge in [0.25, 0.3) is 5.91 Å². The molecular weight excluding hydrogens is 300 g/mol. The number of hydrogen-bond acceptors (Lipinski definition) is 5. The van der Waals surface area contributed by atoms with Crippen LogP contribution in [0.5, 0.6) is 0 Å². The molecule has 2 aromatic rings. The van der Waals surface area contributed by atoms with Gasteiger partial charge in [-0.15, -0.1) is 0 Å². The van der Waals surface area contributed by atoms with E-state index < -0.39 is 29.9 Å². The molecule has 1 aliphatic heterocycles. The third kappa shape index (κ3) is 2.66. The summed E-state index contributed by atoms with van der Waals surface area (Å²) in [6.45, 7) is 1.21. The van der Waals surface area contributed by atoms with Crippen LogP contribution in [-0.4, -0.2) is 34.4 Å². The lowest BCUT2D eigenvalue weighted by Crippen LogP contribution is -2.42. The van der Waals surface area contributed by atoms with E-state index in [4.69, 9.17) is 0 Å². The molecule has 0 bridgehead atoms. The van der Waals surface area contributed by atoms with Crippen LogP contribution in [0, 0.1) is 0 Å². The van der Waals surface area contributed by atoms with Gasteiger partial charge in [-0.2, -0.15) is 0 Å². The molecule has 1 aliphatic rings. The maximum absolute atomic E-state index is 12.6. The standard InChI is InChI=1S/C15H14N4O4/c1-15(10-5-3-2-4-6-10)13(21)19(14(22)17-15)9-12(20)16-11-7-8-23-18-11/h2-8H,9H2,1H3,(H,17,22)(H,16,18,20)/t15-/m1/s1. The molecular formula is C15H14N4O4. The van der Waals surface area contributed by atoms with Crippen LogP contribution in [0.25, 0.3) is 0 Å². The Morgan fingerprint density at radius 1 is 1.30 bits per heavy atom. The molecule has 8 nitrogen and oxygen atoms in total. The van der Waals surface area contributed by atoms with E-state index in [1.165, 1.54) is 12.3 Å². The fourth-order valence-electron chi connectivity index (χ4n) is 2.41. The molecule has 23 heavy (non-hydrogen) atoms. The van der Waals surface area contributed by atoms with Gasteiger partial charge in [-0.25, -0.2) is 4.79 Å². The Morgan fingerprint density at radius 2 is 2.04 bits per heavy atom. The topological polar surface area (TPSA) is 105 Å². The fraction of sp³-hybridized carbons (Fsp3) is 0.200. The van der Waals surface area contributed by atoms with Crippen LogP contribution in [0.15, 0.2) is 47.2 Å². The maximum atomic E-state index is 12.6. The second-order valence-corrected chi connectivity index (χ2v) is 5.25. The summed E-state index contributed by atoms with van der Waals surface area (Å²) < 4.78 is 4.59. The Labute approximate surface area is 131 Å². The summed E-state index contributed by atoms with van der Waals surface area (Å²) >= 11 is 0. The van der Waals surface area contributed by atoms with Gasteiger partial charge in [0.1, 0.15) is 18.3 Å². The molecule has 2 heterocycles. The molecule has 0 saturated carbocycles. The van der Waals surface area contributed by atoms with Gasteiger partial charge in [0.2, 0.25) is 5.91 Å². The van der Waals surface area contributed by atoms with Crippen molar-refractivity contribution in [3.63, 3.8) is 0 Å². The predicted octanol–water partition coefficient (Wildman–Crippen LogP) is 1.08. The van der Waals surface area contributed by atoms with Crippen LogP contribution in [0.3, 0.4) is 0 Å². The molecule has 0 aliphatic carbocycles. The van der Waals surface area contributed by atoms with E-state index in [1.54, 1.807) is 31.2 Å². The van der Waals surface area contributed by atoms with Gasteiger partial charge >= 0.3 is 6.03 Å². The molecule has 1 aromatic heterocycles. The Bertz CT molecular complexity index is 744. The molecule has 1 aromatic carbocycles. The zero-order valence-corrected chi connectivity index (χ0v) is 12.3. The third-order valence-electron chi connectivity index (χ3n) is 3.63. The number of benzene rings is 1. The molecule has 3 rings (SSSR count). The van der Waals surface area contributed by atoms with E-state index in [0.717, 1.165) is 4.90 Å². The third-order valence-corrected chi connectivity index (χ3v) is 3.63. The summed E-state index contributed by atoms with van der Waals surface area (Å²) in [5.41, 5.74) is -0.537. The minimum Gasteiger partial charge on any atom is -0.363 e. The van der Waals surface area contributed by atoms with Gasteiger partial charge in [-0.1, -0.05) is 35.5 Å². The Kier molecular flexibility index (Phi) is 3.57. The van der Waals surface area contributed by atoms with Crippen molar-refractivity contribution in [2.24, 2.45) is 0 Å². The number of amides is 4. The Balaban J connectivity index is 1.75. The first-order valence-corrected chi connectivity index (χ1v) is 6.90. The number of hydrogen-bond donors (Lipinski definition) is 2. The lowest BCUT2D eigenvalue weighted by molar-refractivity contribution is -0.133. The largest absolute Gasteiger partial charge is 0.363 e. The molecule has 0 unspecified atom stereocenters. The van der Waals surface area contributed by atoms with Gasteiger partial charge in [-0.05, 0) is 12.5 Å². The van der Waals surface area contributed by atoms with Crippen LogP contribution >= 0.6 is 0 Å². The SMILES string of the molecule is C[C@]1(c2ccccc2)NC(=O)N(CC(=O)Nc2ccon2)C1=O. The van der Waals surface area contributed by atoms with Crippen LogP contribution in [0.1, 0.15) is 12.5 Å². The molecule has 1 saturated heterocycles. The van der Waals surface area contributed by atoms with Crippen LogP contribution in [0.4, 0.5) is 10.6 Å². The number of carbonyl (C=O) groups excluding carboxylic acids is 3. The highest BCUT2D eigenvalue weighted by Crippen LogP contribution is 2.28. The van der Waals surface area contributed by atoms with Crippen LogP contribution < -0.4 is 10.6 Å². The number of imide groups is 1. The molecule has 2 N–H and O–H groups in total. The fourth-order valence-corrected chi connectivity index (χ4v) is 2.41. The van der Waals surface area contributed by atoms with Crippen molar-refractivity contribution >= 4 is 23.7 Å². The molecule has 0 radical (unpaired) electrons. The second-order valence-electron chi connectivity index (χ2n) is 5.25. The van der Waals surface area contributed by atoms with Gasteiger partial charge in [-0.3, -0.25) is 14.5 Å². The van der Waals surface area contributed by atoms with E-state index in [-0.39, 0.29) is 5.82 Å². The molecule has 1 atom stereocenters. The lowest BCUT2D eigenvalue weighted by Gasteiger charge is -2.21. The number of carbonyl (C=O) groups is 3. The first-order chi connectivity index (χ1) is 11.0. The van der Waals surface area contributed by atoms with Crippen molar-refractivity contribution in [2.45, 2.75) is 12.5 Å². The van der Waals surface area contributed by atoms with Crippen molar-refractivity contribution in [2.75, 3.05) is 11.9 Å². The number of aromatic nitrogens is 1. The summed E-state index contributed by atoms with van der Waals surface area (Å²) in [7, 11) is 0. The van der Waals surface area contributed by atoms with Gasteiger partial charge < -0.3 is 15.2 Å². The highest BCUT2D eigenvalue weighted by molar-refractivity contribution is 6.10. The van der Waals surface area contributed by atoms with Gasteiger partial charge in [0.15, 0.2) is 5.82 Å². The number of nitrogens with zero attached hydrogens (tertiary/aromatic N) is 2. The van der Waals surface area contributed by atoms with Crippen molar-refractivity contribution in [3.8, 4) is 0 Å². The van der Waals surface area contributed by atoms with Gasteiger partial charge in [0, 0.05) is 6.07 Å². The Morgan fingerprint density at radius 3 is 2.70 bits per heavy atom. The highest BCUT2D eigenvalue weighted by Gasteiger charge is 2.49. The summed E-state index contributed by atoms with van der Waals surface area (Å²) in [5.74, 6) is -0.809. The summed E-state index contributed by atoms with van der Waals surface area (Å²) in [6, 6.07) is 9.71. The Hall–Kier alpha value is -3.16. The molecule has 1 fully saturated rings. The van der Waals surface area contributed by atoms with Crippen molar-refractivity contribution < 1.29 is 18.9 Å². The first-order valence-electron chi connectivity index (χ1n) is 6.90. The van der Waals surface area contributed by atoms with E-state index in [2.05, 4.69) is 20.3 Å². The highest BCUT2D eigenvalue weighted by atomic mass is 16.5.